The second-order valence-corrected chi connectivity index (χ2v) is 2.52. The van der Waals surface area contributed by atoms with Gasteiger partial charge in [0.05, 0.1) is 6.20 Å². The Balaban J connectivity index is 2.68. The number of hydrogen-bond donors (Lipinski definition) is 1. The lowest BCUT2D eigenvalue weighted by Crippen LogP contribution is -2.12. The maximum atomic E-state index is 11.1. The molecule has 0 saturated heterocycles. The highest BCUT2D eigenvalue weighted by atomic mass is 16.1. The molecule has 1 aromatic heterocycles. The first kappa shape index (κ1) is 9.51. The summed E-state index contributed by atoms with van der Waals surface area (Å²) in [6.45, 7) is 4.52. The molecule has 0 saturated carbocycles. The number of carbonyl (C=O) groups is 1. The average molecular weight is 179 g/mol. The summed E-state index contributed by atoms with van der Waals surface area (Å²) in [7, 11) is 0. The minimum absolute atomic E-state index is 0.127. The third-order valence-electron chi connectivity index (χ3n) is 1.59. The number of aromatic nitrogens is 2. The van der Waals surface area contributed by atoms with Crippen LogP contribution in [0.2, 0.25) is 0 Å². The summed E-state index contributed by atoms with van der Waals surface area (Å²) in [6.07, 6.45) is 4.84. The lowest BCUT2D eigenvalue weighted by atomic mass is 10.5. The van der Waals surface area contributed by atoms with Crippen LogP contribution < -0.4 is 5.32 Å². The van der Waals surface area contributed by atoms with Gasteiger partial charge < -0.3 is 5.32 Å². The number of hydrogen-bond acceptors (Lipinski definition) is 2. The van der Waals surface area contributed by atoms with Gasteiger partial charge in [0.2, 0.25) is 5.91 Å². The largest absolute Gasteiger partial charge is 0.307 e. The van der Waals surface area contributed by atoms with Crippen molar-refractivity contribution in [3.63, 3.8) is 0 Å². The fraction of sp³-hybridized carbons (Fsp3) is 0.333. The first-order valence-electron chi connectivity index (χ1n) is 4.23. The fourth-order valence-corrected chi connectivity index (χ4v) is 1.01. The highest BCUT2D eigenvalue weighted by Crippen LogP contribution is 2.05. The zero-order valence-electron chi connectivity index (χ0n) is 7.82. The minimum atomic E-state index is -0.127. The molecule has 1 heterocycles. The van der Waals surface area contributed by atoms with Crippen molar-refractivity contribution in [2.24, 2.45) is 0 Å². The van der Waals surface area contributed by atoms with Crippen LogP contribution in [0.15, 0.2) is 24.4 Å². The molecule has 0 spiro atoms. The highest BCUT2D eigenvalue weighted by Gasteiger charge is 2.01. The Bertz CT molecular complexity index is 314. The maximum absolute atomic E-state index is 11.1. The van der Waals surface area contributed by atoms with Crippen LogP contribution in [-0.4, -0.2) is 15.7 Å². The lowest BCUT2D eigenvalue weighted by molar-refractivity contribution is -0.112. The molecule has 0 bridgehead atoms. The van der Waals surface area contributed by atoms with Gasteiger partial charge in [0, 0.05) is 12.6 Å². The Morgan fingerprint density at radius 3 is 3.15 bits per heavy atom. The van der Waals surface area contributed by atoms with Crippen LogP contribution in [0.4, 0.5) is 5.82 Å². The van der Waals surface area contributed by atoms with E-state index in [9.17, 15) is 4.79 Å². The summed E-state index contributed by atoms with van der Waals surface area (Å²) in [6, 6.07) is 1.77. The molecule has 0 unspecified atom stereocenters. The summed E-state index contributed by atoms with van der Waals surface area (Å²) < 4.78 is 1.72. The quantitative estimate of drug-likeness (QED) is 0.713. The van der Waals surface area contributed by atoms with Gasteiger partial charge in [0.15, 0.2) is 0 Å². The Kier molecular flexibility index (Phi) is 3.25. The summed E-state index contributed by atoms with van der Waals surface area (Å²) in [5, 5.41) is 6.74. The van der Waals surface area contributed by atoms with E-state index in [2.05, 4.69) is 10.4 Å². The molecule has 1 aromatic rings. The van der Waals surface area contributed by atoms with E-state index in [-0.39, 0.29) is 5.91 Å². The molecule has 1 rings (SSSR count). The smallest absolute Gasteiger partial charge is 0.249 e. The third-order valence-corrected chi connectivity index (χ3v) is 1.59. The number of nitrogens with zero attached hydrogens (tertiary/aromatic N) is 2. The first-order valence-corrected chi connectivity index (χ1v) is 4.23. The number of rotatable bonds is 3. The lowest BCUT2D eigenvalue weighted by Gasteiger charge is -2.03. The van der Waals surface area contributed by atoms with E-state index in [1.165, 1.54) is 6.08 Å². The van der Waals surface area contributed by atoms with E-state index in [0.717, 1.165) is 12.4 Å². The highest BCUT2D eigenvalue weighted by molar-refractivity contribution is 5.98. The van der Waals surface area contributed by atoms with Gasteiger partial charge in [0.25, 0.3) is 0 Å². The fourth-order valence-electron chi connectivity index (χ4n) is 1.01. The number of allylic oxidation sites excluding steroid dienone is 1. The second kappa shape index (κ2) is 4.45. The SMILES string of the molecule is C/C=C/C(=O)Nc1ccnn1CC. The summed E-state index contributed by atoms with van der Waals surface area (Å²) in [4.78, 5) is 11.1. The van der Waals surface area contributed by atoms with Gasteiger partial charge in [-0.05, 0) is 19.9 Å². The topological polar surface area (TPSA) is 46.9 Å². The molecule has 0 aliphatic rings. The van der Waals surface area contributed by atoms with Crippen LogP contribution >= 0.6 is 0 Å². The monoisotopic (exact) mass is 179 g/mol. The van der Waals surface area contributed by atoms with Crippen molar-refractivity contribution in [3.8, 4) is 0 Å². The molecule has 4 nitrogen and oxygen atoms in total. The summed E-state index contributed by atoms with van der Waals surface area (Å²) in [5.41, 5.74) is 0. The van der Waals surface area contributed by atoms with Crippen molar-refractivity contribution in [2.75, 3.05) is 5.32 Å². The molecule has 70 valence electrons. The van der Waals surface area contributed by atoms with Crippen molar-refractivity contribution in [2.45, 2.75) is 20.4 Å². The molecule has 1 amide bonds. The van der Waals surface area contributed by atoms with E-state index in [1.807, 2.05) is 6.92 Å². The molecule has 0 aliphatic heterocycles. The molecule has 0 aromatic carbocycles. The first-order chi connectivity index (χ1) is 6.27. The van der Waals surface area contributed by atoms with Crippen LogP contribution in [0, 0.1) is 0 Å². The standard InChI is InChI=1S/C9H13N3O/c1-3-5-9(13)11-8-6-7-10-12(8)4-2/h3,5-7H,4H2,1-2H3,(H,11,13)/b5-3+. The molecule has 0 aliphatic carbocycles. The molecule has 0 atom stereocenters. The molecule has 4 heteroatoms. The molecule has 13 heavy (non-hydrogen) atoms. The van der Waals surface area contributed by atoms with Crippen molar-refractivity contribution in [1.29, 1.82) is 0 Å². The number of carbonyl (C=O) groups excluding carboxylic acids is 1. The normalized spacial score (nSPS) is 10.6. The number of anilines is 1. The van der Waals surface area contributed by atoms with Crippen LogP contribution in [0.5, 0.6) is 0 Å². The Morgan fingerprint density at radius 2 is 2.54 bits per heavy atom. The van der Waals surface area contributed by atoms with Crippen molar-refractivity contribution in [1.82, 2.24) is 9.78 Å². The van der Waals surface area contributed by atoms with Crippen LogP contribution in [0.25, 0.3) is 0 Å². The Hall–Kier alpha value is -1.58. The Morgan fingerprint density at radius 1 is 1.77 bits per heavy atom. The number of nitrogens with one attached hydrogen (secondary N) is 1. The third kappa shape index (κ3) is 2.43. The average Bonchev–Trinajstić information content (AvgIpc) is 2.52. The maximum Gasteiger partial charge on any atom is 0.249 e. The molecule has 0 fully saturated rings. The zero-order chi connectivity index (χ0) is 9.68. The van der Waals surface area contributed by atoms with Gasteiger partial charge >= 0.3 is 0 Å². The number of amides is 1. The minimum Gasteiger partial charge on any atom is -0.307 e. The van der Waals surface area contributed by atoms with Crippen LogP contribution in [0.3, 0.4) is 0 Å². The van der Waals surface area contributed by atoms with E-state index < -0.39 is 0 Å². The van der Waals surface area contributed by atoms with Gasteiger partial charge in [-0.15, -0.1) is 0 Å². The van der Waals surface area contributed by atoms with Gasteiger partial charge in [-0.25, -0.2) is 4.68 Å². The van der Waals surface area contributed by atoms with E-state index in [4.69, 9.17) is 0 Å². The summed E-state index contributed by atoms with van der Waals surface area (Å²) >= 11 is 0. The molecule has 1 N–H and O–H groups in total. The van der Waals surface area contributed by atoms with Gasteiger partial charge in [-0.2, -0.15) is 5.10 Å². The molecule has 0 radical (unpaired) electrons. The van der Waals surface area contributed by atoms with Gasteiger partial charge in [0.1, 0.15) is 5.82 Å². The van der Waals surface area contributed by atoms with Crippen molar-refractivity contribution < 1.29 is 4.79 Å². The van der Waals surface area contributed by atoms with E-state index >= 15 is 0 Å². The van der Waals surface area contributed by atoms with Gasteiger partial charge in [-0.3, -0.25) is 4.79 Å². The van der Waals surface area contributed by atoms with E-state index in [0.29, 0.717) is 0 Å². The molecular weight excluding hydrogens is 166 g/mol. The zero-order valence-corrected chi connectivity index (χ0v) is 7.82. The summed E-state index contributed by atoms with van der Waals surface area (Å²) in [5.74, 6) is 0.600. The second-order valence-electron chi connectivity index (χ2n) is 2.52. The predicted octanol–water partition coefficient (Wildman–Crippen LogP) is 1.42. The van der Waals surface area contributed by atoms with Crippen molar-refractivity contribution >= 4 is 11.7 Å². The van der Waals surface area contributed by atoms with E-state index in [1.54, 1.807) is 29.9 Å². The van der Waals surface area contributed by atoms with Gasteiger partial charge in [-0.1, -0.05) is 6.08 Å². The Labute approximate surface area is 77.3 Å². The van der Waals surface area contributed by atoms with Crippen LogP contribution in [0.1, 0.15) is 13.8 Å². The van der Waals surface area contributed by atoms with Crippen LogP contribution in [-0.2, 0) is 11.3 Å². The number of aryl methyl sites for hydroxylation is 1. The predicted molar refractivity (Wildman–Crippen MR) is 51.3 cm³/mol. The molecular formula is C9H13N3O. The van der Waals surface area contributed by atoms with Crippen molar-refractivity contribution in [3.05, 3.63) is 24.4 Å².